The van der Waals surface area contributed by atoms with Crippen molar-refractivity contribution in [1.82, 2.24) is 10.3 Å². The number of hydrogen-bond acceptors (Lipinski definition) is 3. The van der Waals surface area contributed by atoms with Gasteiger partial charge in [0.1, 0.15) is 5.82 Å². The Morgan fingerprint density at radius 1 is 1.04 bits per heavy atom. The second kappa shape index (κ2) is 10.4. The second-order valence-electron chi connectivity index (χ2n) is 5.91. The average Bonchev–Trinajstić information content (AvgIpc) is 2.63. The minimum atomic E-state index is -0.0270. The summed E-state index contributed by atoms with van der Waals surface area (Å²) in [6, 6.07) is 14.0. The number of aryl methyl sites for hydroxylation is 1. The van der Waals surface area contributed by atoms with Crippen LogP contribution in [0.15, 0.2) is 48.7 Å². The molecule has 128 valence electrons. The summed E-state index contributed by atoms with van der Waals surface area (Å²) in [5.41, 5.74) is 2.00. The molecule has 0 aliphatic rings. The number of amides is 1. The van der Waals surface area contributed by atoms with Crippen molar-refractivity contribution in [3.63, 3.8) is 0 Å². The highest BCUT2D eigenvalue weighted by Gasteiger charge is 2.06. The molecule has 0 unspecified atom stereocenters. The largest absolute Gasteiger partial charge is 0.370 e. The van der Waals surface area contributed by atoms with E-state index in [2.05, 4.69) is 46.8 Å². The lowest BCUT2D eigenvalue weighted by atomic mass is 10.1. The fourth-order valence-electron chi connectivity index (χ4n) is 2.50. The molecule has 0 saturated carbocycles. The molecule has 1 aromatic heterocycles. The first-order valence-electron chi connectivity index (χ1n) is 8.81. The Morgan fingerprint density at radius 3 is 2.67 bits per heavy atom. The monoisotopic (exact) mass is 325 g/mol. The van der Waals surface area contributed by atoms with Crippen molar-refractivity contribution in [2.45, 2.75) is 39.0 Å². The molecule has 4 heteroatoms. The van der Waals surface area contributed by atoms with Crippen LogP contribution in [0.25, 0.3) is 0 Å². The minimum absolute atomic E-state index is 0.0270. The van der Waals surface area contributed by atoms with Gasteiger partial charge < -0.3 is 10.6 Å². The number of carbonyl (C=O) groups excluding carboxylic acids is 1. The molecule has 0 radical (unpaired) electrons. The molecular weight excluding hydrogens is 298 g/mol. The Bertz CT molecular complexity index is 613. The van der Waals surface area contributed by atoms with E-state index < -0.39 is 0 Å². The summed E-state index contributed by atoms with van der Waals surface area (Å²) in [5, 5.41) is 6.25. The third-order valence-electron chi connectivity index (χ3n) is 3.88. The molecule has 2 rings (SSSR count). The average molecular weight is 325 g/mol. The van der Waals surface area contributed by atoms with Crippen molar-refractivity contribution in [1.29, 1.82) is 0 Å². The number of hydrogen-bond donors (Lipinski definition) is 2. The fraction of sp³-hybridized carbons (Fsp3) is 0.400. The molecule has 0 spiro atoms. The third-order valence-corrected chi connectivity index (χ3v) is 3.88. The van der Waals surface area contributed by atoms with Gasteiger partial charge in [0.25, 0.3) is 5.91 Å². The van der Waals surface area contributed by atoms with Crippen molar-refractivity contribution in [3.8, 4) is 0 Å². The van der Waals surface area contributed by atoms with Crippen LogP contribution in [0, 0.1) is 0 Å². The molecule has 24 heavy (non-hydrogen) atoms. The van der Waals surface area contributed by atoms with Gasteiger partial charge in [-0.05, 0) is 37.0 Å². The number of anilines is 1. The Balaban J connectivity index is 1.74. The first-order chi connectivity index (χ1) is 11.8. The van der Waals surface area contributed by atoms with Gasteiger partial charge in [0, 0.05) is 24.8 Å². The molecule has 0 aliphatic heterocycles. The lowest BCUT2D eigenvalue weighted by molar-refractivity contribution is 0.0953. The van der Waals surface area contributed by atoms with Crippen molar-refractivity contribution in [2.24, 2.45) is 0 Å². The summed E-state index contributed by atoms with van der Waals surface area (Å²) in [6.45, 7) is 3.72. The van der Waals surface area contributed by atoms with E-state index in [4.69, 9.17) is 0 Å². The van der Waals surface area contributed by atoms with E-state index in [9.17, 15) is 4.79 Å². The zero-order valence-electron chi connectivity index (χ0n) is 14.4. The van der Waals surface area contributed by atoms with Crippen molar-refractivity contribution < 1.29 is 4.79 Å². The van der Waals surface area contributed by atoms with E-state index in [1.165, 1.54) is 5.56 Å². The van der Waals surface area contributed by atoms with Gasteiger partial charge in [-0.3, -0.25) is 4.79 Å². The van der Waals surface area contributed by atoms with E-state index in [0.29, 0.717) is 5.56 Å². The summed E-state index contributed by atoms with van der Waals surface area (Å²) >= 11 is 0. The third kappa shape index (κ3) is 6.41. The molecular formula is C20H27N3O. The van der Waals surface area contributed by atoms with E-state index in [-0.39, 0.29) is 5.91 Å². The van der Waals surface area contributed by atoms with Crippen LogP contribution in [-0.2, 0) is 6.42 Å². The summed E-state index contributed by atoms with van der Waals surface area (Å²) in [4.78, 5) is 16.4. The molecule has 2 N–H and O–H groups in total. The molecule has 0 atom stereocenters. The number of aromatic nitrogens is 1. The first-order valence-corrected chi connectivity index (χ1v) is 8.81. The van der Waals surface area contributed by atoms with Gasteiger partial charge in [-0.1, -0.05) is 50.1 Å². The van der Waals surface area contributed by atoms with Gasteiger partial charge in [-0.25, -0.2) is 4.98 Å². The number of carbonyl (C=O) groups is 1. The van der Waals surface area contributed by atoms with Crippen LogP contribution in [-0.4, -0.2) is 24.0 Å². The molecule has 0 aliphatic carbocycles. The molecule has 0 saturated heterocycles. The SMILES string of the molecule is CCCCCNC(=O)c1ccnc(NCCCc2ccccc2)c1. The smallest absolute Gasteiger partial charge is 0.251 e. The van der Waals surface area contributed by atoms with Crippen molar-refractivity contribution >= 4 is 11.7 Å². The van der Waals surface area contributed by atoms with Gasteiger partial charge in [-0.15, -0.1) is 0 Å². The highest BCUT2D eigenvalue weighted by molar-refractivity contribution is 5.94. The number of rotatable bonds is 10. The summed E-state index contributed by atoms with van der Waals surface area (Å²) in [5.74, 6) is 0.727. The van der Waals surface area contributed by atoms with E-state index in [0.717, 1.165) is 51.0 Å². The van der Waals surface area contributed by atoms with Crippen LogP contribution in [0.2, 0.25) is 0 Å². The van der Waals surface area contributed by atoms with Crippen LogP contribution < -0.4 is 10.6 Å². The van der Waals surface area contributed by atoms with E-state index in [1.807, 2.05) is 12.1 Å². The molecule has 1 heterocycles. The molecule has 0 bridgehead atoms. The molecule has 2 aromatic rings. The second-order valence-corrected chi connectivity index (χ2v) is 5.91. The maximum absolute atomic E-state index is 12.1. The minimum Gasteiger partial charge on any atom is -0.370 e. The zero-order valence-corrected chi connectivity index (χ0v) is 14.4. The molecule has 4 nitrogen and oxygen atoms in total. The first kappa shape index (κ1) is 18.0. The number of unbranched alkanes of at least 4 members (excludes halogenated alkanes) is 2. The number of pyridine rings is 1. The Kier molecular flexibility index (Phi) is 7.81. The summed E-state index contributed by atoms with van der Waals surface area (Å²) < 4.78 is 0. The van der Waals surface area contributed by atoms with Gasteiger partial charge >= 0.3 is 0 Å². The number of nitrogens with zero attached hydrogens (tertiary/aromatic N) is 1. The van der Waals surface area contributed by atoms with Crippen LogP contribution in [0.1, 0.15) is 48.5 Å². The van der Waals surface area contributed by atoms with Crippen LogP contribution in [0.4, 0.5) is 5.82 Å². The van der Waals surface area contributed by atoms with Crippen LogP contribution in [0.3, 0.4) is 0 Å². The van der Waals surface area contributed by atoms with Crippen LogP contribution >= 0.6 is 0 Å². The van der Waals surface area contributed by atoms with Gasteiger partial charge in [-0.2, -0.15) is 0 Å². The lowest BCUT2D eigenvalue weighted by Gasteiger charge is -2.08. The summed E-state index contributed by atoms with van der Waals surface area (Å²) in [7, 11) is 0. The number of benzene rings is 1. The standard InChI is InChI=1S/C20H27N3O/c1-2-3-7-13-23-20(24)18-12-15-22-19(16-18)21-14-8-11-17-9-5-4-6-10-17/h4-6,9-10,12,15-16H,2-3,7-8,11,13-14H2,1H3,(H,21,22)(H,23,24). The van der Waals surface area contributed by atoms with Crippen molar-refractivity contribution in [3.05, 3.63) is 59.8 Å². The van der Waals surface area contributed by atoms with Gasteiger partial charge in [0.2, 0.25) is 0 Å². The zero-order chi connectivity index (χ0) is 17.0. The van der Waals surface area contributed by atoms with Gasteiger partial charge in [0.15, 0.2) is 0 Å². The van der Waals surface area contributed by atoms with Crippen molar-refractivity contribution in [2.75, 3.05) is 18.4 Å². The molecule has 1 amide bonds. The Labute approximate surface area is 144 Å². The Hall–Kier alpha value is -2.36. The Morgan fingerprint density at radius 2 is 1.88 bits per heavy atom. The highest BCUT2D eigenvalue weighted by Crippen LogP contribution is 2.08. The lowest BCUT2D eigenvalue weighted by Crippen LogP contribution is -2.24. The van der Waals surface area contributed by atoms with Gasteiger partial charge in [0.05, 0.1) is 0 Å². The van der Waals surface area contributed by atoms with E-state index >= 15 is 0 Å². The maximum Gasteiger partial charge on any atom is 0.251 e. The van der Waals surface area contributed by atoms with E-state index in [1.54, 1.807) is 12.3 Å². The predicted molar refractivity (Wildman–Crippen MR) is 99.3 cm³/mol. The highest BCUT2D eigenvalue weighted by atomic mass is 16.1. The topological polar surface area (TPSA) is 54.0 Å². The quantitative estimate of drug-likeness (QED) is 0.648. The summed E-state index contributed by atoms with van der Waals surface area (Å²) in [6.07, 6.45) is 7.07. The number of nitrogens with one attached hydrogen (secondary N) is 2. The molecule has 0 fully saturated rings. The maximum atomic E-state index is 12.1. The predicted octanol–water partition coefficient (Wildman–Crippen LogP) is 4.05. The fourth-order valence-corrected chi connectivity index (χ4v) is 2.50. The normalized spacial score (nSPS) is 10.4. The van der Waals surface area contributed by atoms with Crippen LogP contribution in [0.5, 0.6) is 0 Å². The molecule has 1 aromatic carbocycles.